The average molecular weight is 353 g/mol. The fraction of sp³-hybridized carbons (Fsp3) is 0.850. The van der Waals surface area contributed by atoms with E-state index in [1.165, 1.54) is 24.8 Å². The van der Waals surface area contributed by atoms with Gasteiger partial charge in [0.25, 0.3) is 0 Å². The van der Waals surface area contributed by atoms with E-state index in [0.29, 0.717) is 18.6 Å². The molecule has 2 rings (SSSR count). The summed E-state index contributed by atoms with van der Waals surface area (Å²) in [6.45, 7) is 16.3. The lowest BCUT2D eigenvalue weighted by Gasteiger charge is -2.47. The summed E-state index contributed by atoms with van der Waals surface area (Å²) in [4.78, 5) is 11.9. The molecule has 2 aliphatic rings. The Kier molecular flexibility index (Phi) is 5.71. The topological polar surface area (TPSA) is 35.5 Å². The summed E-state index contributed by atoms with van der Waals surface area (Å²) in [5.41, 5.74) is 1.40. The molecule has 0 radical (unpaired) electrons. The van der Waals surface area contributed by atoms with E-state index in [1.807, 2.05) is 6.92 Å². The number of ether oxygens (including phenoxy) is 1. The second-order valence-electron chi connectivity index (χ2n) is 9.29. The van der Waals surface area contributed by atoms with Gasteiger partial charge in [0.1, 0.15) is 0 Å². The van der Waals surface area contributed by atoms with Crippen LogP contribution in [-0.4, -0.2) is 27.0 Å². The second-order valence-corrected chi connectivity index (χ2v) is 14.0. The van der Waals surface area contributed by atoms with E-state index in [4.69, 9.17) is 9.16 Å². The predicted molar refractivity (Wildman–Crippen MR) is 101 cm³/mol. The zero-order chi connectivity index (χ0) is 18.2. The van der Waals surface area contributed by atoms with Crippen LogP contribution in [0, 0.1) is 11.3 Å². The quantitative estimate of drug-likeness (QED) is 0.382. The van der Waals surface area contributed by atoms with Crippen LogP contribution in [0.1, 0.15) is 66.7 Å². The van der Waals surface area contributed by atoms with Crippen molar-refractivity contribution in [2.45, 2.75) is 91.0 Å². The lowest BCUT2D eigenvalue weighted by atomic mass is 9.66. The number of allylic oxidation sites excluding steroid dienone is 1. The standard InChI is InChI=1S/C20H36O3Si/c1-8-22-18(21)14-15-11-12-16-17(10-9-13-20(15,16)5)23-24(6,7)19(2,3)4/h14,16-17H,8-13H2,1-7H3/b15-14+/t16-,17-,20+/m0/s1. The van der Waals surface area contributed by atoms with Crippen LogP contribution >= 0.6 is 0 Å². The number of esters is 1. The Morgan fingerprint density at radius 3 is 2.58 bits per heavy atom. The van der Waals surface area contributed by atoms with Gasteiger partial charge in [-0.25, -0.2) is 4.79 Å². The molecule has 138 valence electrons. The number of rotatable bonds is 4. The molecule has 0 saturated heterocycles. The van der Waals surface area contributed by atoms with Crippen molar-refractivity contribution in [3.8, 4) is 0 Å². The van der Waals surface area contributed by atoms with E-state index in [0.717, 1.165) is 12.8 Å². The normalized spacial score (nSPS) is 32.7. The van der Waals surface area contributed by atoms with Crippen molar-refractivity contribution in [3.63, 3.8) is 0 Å². The van der Waals surface area contributed by atoms with E-state index < -0.39 is 8.32 Å². The van der Waals surface area contributed by atoms with Gasteiger partial charge in [0, 0.05) is 12.2 Å². The Bertz CT molecular complexity index is 504. The molecule has 0 aliphatic heterocycles. The molecule has 2 saturated carbocycles. The van der Waals surface area contributed by atoms with Crippen LogP contribution in [-0.2, 0) is 14.0 Å². The summed E-state index contributed by atoms with van der Waals surface area (Å²) >= 11 is 0. The minimum absolute atomic E-state index is 0.109. The third-order valence-corrected chi connectivity index (χ3v) is 11.2. The molecule has 3 nitrogen and oxygen atoms in total. The van der Waals surface area contributed by atoms with Crippen LogP contribution < -0.4 is 0 Å². The molecule has 0 N–H and O–H groups in total. The van der Waals surface area contributed by atoms with Crippen LogP contribution in [0.15, 0.2) is 11.6 Å². The smallest absolute Gasteiger partial charge is 0.330 e. The largest absolute Gasteiger partial charge is 0.463 e. The van der Waals surface area contributed by atoms with Gasteiger partial charge in [0.05, 0.1) is 6.61 Å². The molecule has 24 heavy (non-hydrogen) atoms. The maximum atomic E-state index is 11.9. The van der Waals surface area contributed by atoms with Crippen molar-refractivity contribution in [3.05, 3.63) is 11.6 Å². The average Bonchev–Trinajstić information content (AvgIpc) is 2.75. The van der Waals surface area contributed by atoms with Crippen LogP contribution in [0.5, 0.6) is 0 Å². The SMILES string of the molecule is CCOC(=O)/C=C1\CC[C@H]2[C@@H](O[Si](C)(C)C(C)(C)C)CCC[C@]12C. The van der Waals surface area contributed by atoms with Crippen LogP contribution in [0.3, 0.4) is 0 Å². The molecule has 0 aromatic heterocycles. The first kappa shape index (κ1) is 19.7. The molecule has 0 spiro atoms. The predicted octanol–water partition coefficient (Wildman–Crippen LogP) is 5.47. The molecule has 0 heterocycles. The van der Waals surface area contributed by atoms with Crippen LogP contribution in [0.2, 0.25) is 18.1 Å². The Hall–Kier alpha value is -0.613. The molecule has 0 aromatic rings. The third kappa shape index (κ3) is 3.80. The maximum absolute atomic E-state index is 11.9. The van der Waals surface area contributed by atoms with E-state index in [9.17, 15) is 4.79 Å². The summed E-state index contributed by atoms with van der Waals surface area (Å²) in [5.74, 6) is 0.364. The van der Waals surface area contributed by atoms with Gasteiger partial charge in [0.2, 0.25) is 0 Å². The van der Waals surface area contributed by atoms with E-state index in [1.54, 1.807) is 6.08 Å². The fourth-order valence-electron chi connectivity index (χ4n) is 4.23. The van der Waals surface area contributed by atoms with E-state index >= 15 is 0 Å². The summed E-state index contributed by atoms with van der Waals surface area (Å²) in [7, 11) is -1.76. The molecule has 0 bridgehead atoms. The molecular formula is C20H36O3Si. The number of fused-ring (bicyclic) bond motifs is 1. The highest BCUT2D eigenvalue weighted by atomic mass is 28.4. The molecule has 2 aliphatic carbocycles. The van der Waals surface area contributed by atoms with Gasteiger partial charge in [-0.05, 0) is 62.1 Å². The van der Waals surface area contributed by atoms with Gasteiger partial charge in [-0.3, -0.25) is 0 Å². The Morgan fingerprint density at radius 1 is 1.33 bits per heavy atom. The van der Waals surface area contributed by atoms with E-state index in [2.05, 4.69) is 40.8 Å². The highest BCUT2D eigenvalue weighted by Crippen LogP contribution is 2.56. The first-order chi connectivity index (χ1) is 11.0. The lowest BCUT2D eigenvalue weighted by Crippen LogP contribution is -2.49. The summed E-state index contributed by atoms with van der Waals surface area (Å²) in [6.07, 6.45) is 7.79. The van der Waals surface area contributed by atoms with Gasteiger partial charge in [-0.2, -0.15) is 0 Å². The van der Waals surface area contributed by atoms with Gasteiger partial charge in [-0.1, -0.05) is 39.7 Å². The van der Waals surface area contributed by atoms with Crippen molar-refractivity contribution in [2.75, 3.05) is 6.61 Å². The minimum Gasteiger partial charge on any atom is -0.463 e. The molecule has 0 unspecified atom stereocenters. The van der Waals surface area contributed by atoms with E-state index in [-0.39, 0.29) is 16.4 Å². The number of hydrogen-bond donors (Lipinski definition) is 0. The summed E-state index contributed by atoms with van der Waals surface area (Å²) < 4.78 is 12.0. The first-order valence-corrected chi connectivity index (χ1v) is 12.5. The lowest BCUT2D eigenvalue weighted by molar-refractivity contribution is -0.137. The van der Waals surface area contributed by atoms with Crippen molar-refractivity contribution in [2.24, 2.45) is 11.3 Å². The fourth-order valence-corrected chi connectivity index (χ4v) is 5.62. The number of carbonyl (C=O) groups is 1. The molecule has 0 aromatic carbocycles. The number of hydrogen-bond acceptors (Lipinski definition) is 3. The van der Waals surface area contributed by atoms with Crippen LogP contribution in [0.25, 0.3) is 0 Å². The molecule has 2 fully saturated rings. The van der Waals surface area contributed by atoms with Crippen molar-refractivity contribution in [1.82, 2.24) is 0 Å². The van der Waals surface area contributed by atoms with Gasteiger partial charge < -0.3 is 9.16 Å². The summed E-state index contributed by atoms with van der Waals surface area (Å²) in [5, 5.41) is 0.239. The molecule has 3 atom stereocenters. The van der Waals surface area contributed by atoms with Crippen molar-refractivity contribution < 1.29 is 14.0 Å². The Morgan fingerprint density at radius 2 is 2.00 bits per heavy atom. The third-order valence-electron chi connectivity index (χ3n) is 6.74. The highest BCUT2D eigenvalue weighted by molar-refractivity contribution is 6.74. The summed E-state index contributed by atoms with van der Waals surface area (Å²) in [6, 6.07) is 0. The van der Waals surface area contributed by atoms with Crippen molar-refractivity contribution in [1.29, 1.82) is 0 Å². The number of carbonyl (C=O) groups excluding carboxylic acids is 1. The van der Waals surface area contributed by atoms with Crippen LogP contribution in [0.4, 0.5) is 0 Å². The maximum Gasteiger partial charge on any atom is 0.330 e. The van der Waals surface area contributed by atoms with Crippen molar-refractivity contribution >= 4 is 14.3 Å². The molecule has 4 heteroatoms. The Labute approximate surface area is 149 Å². The Balaban J connectivity index is 2.19. The van der Waals surface area contributed by atoms with Gasteiger partial charge in [-0.15, -0.1) is 0 Å². The molecular weight excluding hydrogens is 316 g/mol. The zero-order valence-electron chi connectivity index (χ0n) is 16.7. The molecule has 0 amide bonds. The second kappa shape index (κ2) is 6.95. The monoisotopic (exact) mass is 352 g/mol. The van der Waals surface area contributed by atoms with Gasteiger partial charge in [0.15, 0.2) is 8.32 Å². The first-order valence-electron chi connectivity index (χ1n) is 9.57. The van der Waals surface area contributed by atoms with Gasteiger partial charge >= 0.3 is 5.97 Å². The minimum atomic E-state index is -1.76. The highest BCUT2D eigenvalue weighted by Gasteiger charge is 2.51. The zero-order valence-corrected chi connectivity index (χ0v) is 17.7.